The number of carbonyl (C=O) groups excluding carboxylic acids is 3. The van der Waals surface area contributed by atoms with E-state index in [0.717, 1.165) is 12.8 Å². The van der Waals surface area contributed by atoms with E-state index in [2.05, 4.69) is 10.6 Å². The largest absolute Gasteiger partial charge is 0.497 e. The molecule has 10 nitrogen and oxygen atoms in total. The molecule has 10 heteroatoms. The summed E-state index contributed by atoms with van der Waals surface area (Å²) >= 11 is 0. The van der Waals surface area contributed by atoms with E-state index in [1.807, 2.05) is 6.07 Å². The van der Waals surface area contributed by atoms with Crippen LogP contribution in [0.2, 0.25) is 0 Å². The maximum atomic E-state index is 13.8. The van der Waals surface area contributed by atoms with Crippen molar-refractivity contribution in [2.75, 3.05) is 38.8 Å². The van der Waals surface area contributed by atoms with Gasteiger partial charge in [0.05, 0.1) is 38.8 Å². The molecule has 200 valence electrons. The molecule has 2 N–H and O–H groups in total. The monoisotopic (exact) mass is 521 g/mol. The zero-order valence-corrected chi connectivity index (χ0v) is 21.3. The third kappa shape index (κ3) is 6.51. The van der Waals surface area contributed by atoms with Crippen LogP contribution >= 0.6 is 0 Å². The van der Waals surface area contributed by atoms with Crippen molar-refractivity contribution in [3.8, 4) is 11.5 Å². The number of methoxy groups -OCH3 is 2. The number of carbonyl (C=O) groups is 3. The second kappa shape index (κ2) is 12.8. The summed E-state index contributed by atoms with van der Waals surface area (Å²) in [5, 5.41) is 5.53. The molecule has 1 fully saturated rings. The molecule has 2 heterocycles. The van der Waals surface area contributed by atoms with Crippen LogP contribution in [-0.2, 0) is 14.3 Å². The highest BCUT2D eigenvalue weighted by Crippen LogP contribution is 2.34. The standard InChI is InChI=1S/C28H31N3O7/c1-35-22-14-20(15-23(16-22)36-2)31(25(32)18-30-27(33)24-11-7-13-38-24)26(19-8-4-3-5-9-19)28(34)29-17-21-10-6-12-37-21/h3-5,7-9,11,13-16,21,26H,6,10,12,17-18H2,1-2H3,(H,29,34)(H,30,33)/t21-,26-/m1/s1. The lowest BCUT2D eigenvalue weighted by Gasteiger charge is -2.32. The van der Waals surface area contributed by atoms with Gasteiger partial charge in [-0.05, 0) is 30.5 Å². The molecule has 0 spiro atoms. The van der Waals surface area contributed by atoms with Gasteiger partial charge in [0.1, 0.15) is 17.5 Å². The number of hydrogen-bond donors (Lipinski definition) is 2. The van der Waals surface area contributed by atoms with Crippen LogP contribution in [0.25, 0.3) is 0 Å². The Morgan fingerprint density at radius 1 is 1.00 bits per heavy atom. The summed E-state index contributed by atoms with van der Waals surface area (Å²) in [4.78, 5) is 41.3. The molecule has 3 aromatic rings. The molecule has 0 bridgehead atoms. The lowest BCUT2D eigenvalue weighted by molar-refractivity contribution is -0.126. The van der Waals surface area contributed by atoms with Gasteiger partial charge in [-0.25, -0.2) is 0 Å². The van der Waals surface area contributed by atoms with Gasteiger partial charge < -0.3 is 29.3 Å². The average molecular weight is 522 g/mol. The summed E-state index contributed by atoms with van der Waals surface area (Å²) in [5.41, 5.74) is 0.949. The number of amides is 3. The smallest absolute Gasteiger partial charge is 0.287 e. The van der Waals surface area contributed by atoms with Crippen LogP contribution in [0.3, 0.4) is 0 Å². The SMILES string of the molecule is COc1cc(OC)cc(N(C(=O)CNC(=O)c2ccco2)[C@@H](C(=O)NC[C@H]2CCCO2)c2ccccc2)c1. The first-order chi connectivity index (χ1) is 18.5. The molecule has 0 radical (unpaired) electrons. The lowest BCUT2D eigenvalue weighted by Crippen LogP contribution is -2.48. The van der Waals surface area contributed by atoms with E-state index in [1.165, 1.54) is 31.4 Å². The fourth-order valence-corrected chi connectivity index (χ4v) is 4.27. The molecule has 0 unspecified atom stereocenters. The van der Waals surface area contributed by atoms with Gasteiger partial charge in [-0.1, -0.05) is 30.3 Å². The second-order valence-electron chi connectivity index (χ2n) is 8.69. The molecule has 4 rings (SSSR count). The molecule has 2 aromatic carbocycles. The Hall–Kier alpha value is -4.31. The summed E-state index contributed by atoms with van der Waals surface area (Å²) in [6.45, 7) is 0.592. The van der Waals surface area contributed by atoms with E-state index in [1.54, 1.807) is 48.5 Å². The first kappa shape index (κ1) is 26.7. The third-order valence-electron chi connectivity index (χ3n) is 6.18. The molecule has 2 atom stereocenters. The van der Waals surface area contributed by atoms with Gasteiger partial charge in [0.15, 0.2) is 5.76 Å². The van der Waals surface area contributed by atoms with E-state index in [0.29, 0.717) is 35.9 Å². The summed E-state index contributed by atoms with van der Waals surface area (Å²) in [7, 11) is 2.99. The molecule has 0 aliphatic carbocycles. The molecule has 1 aliphatic rings. The number of nitrogens with zero attached hydrogens (tertiary/aromatic N) is 1. The summed E-state index contributed by atoms with van der Waals surface area (Å²) < 4.78 is 21.6. The van der Waals surface area contributed by atoms with Crippen LogP contribution in [0, 0.1) is 0 Å². The Labute approximate surface area is 220 Å². The molecular formula is C28H31N3O7. The zero-order valence-electron chi connectivity index (χ0n) is 21.3. The van der Waals surface area contributed by atoms with E-state index in [4.69, 9.17) is 18.6 Å². The molecular weight excluding hydrogens is 490 g/mol. The minimum absolute atomic E-state index is 0.0707. The van der Waals surface area contributed by atoms with Crippen LogP contribution in [0.4, 0.5) is 5.69 Å². The molecule has 38 heavy (non-hydrogen) atoms. The average Bonchev–Trinajstić information content (AvgIpc) is 3.68. The zero-order chi connectivity index (χ0) is 26.9. The number of ether oxygens (including phenoxy) is 3. The van der Waals surface area contributed by atoms with Crippen LogP contribution < -0.4 is 25.0 Å². The minimum Gasteiger partial charge on any atom is -0.497 e. The molecule has 0 saturated carbocycles. The Balaban J connectivity index is 1.70. The van der Waals surface area contributed by atoms with Crippen molar-refractivity contribution in [2.24, 2.45) is 0 Å². The van der Waals surface area contributed by atoms with Crippen LogP contribution in [0.1, 0.15) is 35.0 Å². The van der Waals surface area contributed by atoms with Crippen molar-refractivity contribution < 1.29 is 33.0 Å². The van der Waals surface area contributed by atoms with Crippen molar-refractivity contribution in [2.45, 2.75) is 25.0 Å². The first-order valence-electron chi connectivity index (χ1n) is 12.3. The highest BCUT2D eigenvalue weighted by atomic mass is 16.5. The predicted molar refractivity (Wildman–Crippen MR) is 139 cm³/mol. The van der Waals surface area contributed by atoms with Gasteiger partial charge in [-0.2, -0.15) is 0 Å². The van der Waals surface area contributed by atoms with Crippen molar-refractivity contribution in [3.05, 3.63) is 78.3 Å². The van der Waals surface area contributed by atoms with Gasteiger partial charge >= 0.3 is 0 Å². The number of rotatable bonds is 11. The lowest BCUT2D eigenvalue weighted by atomic mass is 10.0. The van der Waals surface area contributed by atoms with E-state index >= 15 is 0 Å². The number of nitrogens with one attached hydrogen (secondary N) is 2. The van der Waals surface area contributed by atoms with Gasteiger partial charge in [0.25, 0.3) is 5.91 Å². The fraction of sp³-hybridized carbons (Fsp3) is 0.321. The van der Waals surface area contributed by atoms with Crippen molar-refractivity contribution in [3.63, 3.8) is 0 Å². The Morgan fingerprint density at radius 2 is 1.74 bits per heavy atom. The number of hydrogen-bond acceptors (Lipinski definition) is 7. The summed E-state index contributed by atoms with van der Waals surface area (Å²) in [5.74, 6) is -0.529. The maximum Gasteiger partial charge on any atom is 0.287 e. The molecule has 1 aromatic heterocycles. The Morgan fingerprint density at radius 3 is 2.34 bits per heavy atom. The number of furan rings is 1. The summed E-state index contributed by atoms with van der Waals surface area (Å²) in [6.07, 6.45) is 3.08. The number of benzene rings is 2. The van der Waals surface area contributed by atoms with Crippen molar-refractivity contribution in [1.82, 2.24) is 10.6 Å². The first-order valence-corrected chi connectivity index (χ1v) is 12.3. The van der Waals surface area contributed by atoms with Gasteiger partial charge in [0, 0.05) is 31.4 Å². The van der Waals surface area contributed by atoms with E-state index < -0.39 is 17.9 Å². The van der Waals surface area contributed by atoms with Crippen molar-refractivity contribution >= 4 is 23.4 Å². The summed E-state index contributed by atoms with van der Waals surface area (Å²) in [6, 6.07) is 15.9. The fourth-order valence-electron chi connectivity index (χ4n) is 4.27. The van der Waals surface area contributed by atoms with Gasteiger partial charge in [0.2, 0.25) is 11.8 Å². The van der Waals surface area contributed by atoms with E-state index in [-0.39, 0.29) is 24.3 Å². The topological polar surface area (TPSA) is 119 Å². The van der Waals surface area contributed by atoms with Gasteiger partial charge in [-0.3, -0.25) is 19.3 Å². The van der Waals surface area contributed by atoms with Crippen LogP contribution in [0.15, 0.2) is 71.3 Å². The van der Waals surface area contributed by atoms with Crippen molar-refractivity contribution in [1.29, 1.82) is 0 Å². The molecule has 1 aliphatic heterocycles. The van der Waals surface area contributed by atoms with Crippen LogP contribution in [-0.4, -0.2) is 57.7 Å². The van der Waals surface area contributed by atoms with Gasteiger partial charge in [-0.15, -0.1) is 0 Å². The normalized spacial score (nSPS) is 15.4. The second-order valence-corrected chi connectivity index (χ2v) is 8.69. The molecule has 3 amide bonds. The minimum atomic E-state index is -1.05. The van der Waals surface area contributed by atoms with Crippen LogP contribution in [0.5, 0.6) is 11.5 Å². The Kier molecular flexibility index (Phi) is 8.99. The third-order valence-corrected chi connectivity index (χ3v) is 6.18. The number of anilines is 1. The highest BCUT2D eigenvalue weighted by Gasteiger charge is 2.34. The Bertz CT molecular complexity index is 1200. The predicted octanol–water partition coefficient (Wildman–Crippen LogP) is 3.10. The highest BCUT2D eigenvalue weighted by molar-refractivity contribution is 6.04. The van der Waals surface area contributed by atoms with E-state index in [9.17, 15) is 14.4 Å². The maximum absolute atomic E-state index is 13.8. The molecule has 1 saturated heterocycles. The quantitative estimate of drug-likeness (QED) is 0.398.